The number of likely N-dealkylation sites (N-methyl/N-ethyl adjacent to an activating group) is 1. The number of hydrogen-bond acceptors (Lipinski definition) is 3. The largest absolute Gasteiger partial charge is 0.490 e. The number of nitrogens with zero attached hydrogens (tertiary/aromatic N) is 1. The first-order chi connectivity index (χ1) is 7.89. The van der Waals surface area contributed by atoms with Gasteiger partial charge < -0.3 is 14.7 Å². The molecule has 1 aliphatic heterocycles. The third kappa shape index (κ3) is 2.31. The van der Waals surface area contributed by atoms with E-state index in [4.69, 9.17) is 9.84 Å². The molecule has 1 atom stereocenters. The Balaban J connectivity index is 2.36. The van der Waals surface area contributed by atoms with E-state index in [0.717, 1.165) is 0 Å². The van der Waals surface area contributed by atoms with Crippen molar-refractivity contribution < 1.29 is 23.0 Å². The molecular formula is C11H12F3NO2. The summed E-state index contributed by atoms with van der Waals surface area (Å²) in [7, 11) is 1.77. The van der Waals surface area contributed by atoms with Crippen LogP contribution in [-0.4, -0.2) is 31.5 Å². The van der Waals surface area contributed by atoms with Gasteiger partial charge in [-0.2, -0.15) is 13.2 Å². The molecule has 17 heavy (non-hydrogen) atoms. The molecule has 0 radical (unpaired) electrons. The van der Waals surface area contributed by atoms with Crippen LogP contribution in [0.3, 0.4) is 0 Å². The van der Waals surface area contributed by atoms with Crippen LogP contribution in [-0.2, 0) is 0 Å². The molecule has 0 unspecified atom stereocenters. The molecule has 0 spiro atoms. The van der Waals surface area contributed by atoms with Crippen molar-refractivity contribution in [2.24, 2.45) is 0 Å². The molecule has 0 saturated carbocycles. The predicted molar refractivity (Wildman–Crippen MR) is 56.2 cm³/mol. The first-order valence-corrected chi connectivity index (χ1v) is 5.12. The summed E-state index contributed by atoms with van der Waals surface area (Å²) in [6.45, 7) is 1.11. The summed E-state index contributed by atoms with van der Waals surface area (Å²) in [5.74, 6) is 0.539. The minimum absolute atomic E-state index is 0.173. The maximum absolute atomic E-state index is 12.4. The first kappa shape index (κ1) is 12.0. The number of anilines is 1. The molecule has 0 fully saturated rings. The SMILES string of the molecule is CN1CCOc2ccc([C@H](O)C(F)(F)F)cc21. The van der Waals surface area contributed by atoms with Gasteiger partial charge in [0, 0.05) is 7.05 Å². The average Bonchev–Trinajstić information content (AvgIpc) is 2.27. The molecule has 1 N–H and O–H groups in total. The van der Waals surface area contributed by atoms with E-state index in [2.05, 4.69) is 0 Å². The predicted octanol–water partition coefficient (Wildman–Crippen LogP) is 2.11. The monoisotopic (exact) mass is 247 g/mol. The lowest BCUT2D eigenvalue weighted by Gasteiger charge is -2.28. The Morgan fingerprint density at radius 1 is 1.41 bits per heavy atom. The lowest BCUT2D eigenvalue weighted by molar-refractivity contribution is -0.206. The number of rotatable bonds is 1. The second kappa shape index (κ2) is 4.10. The number of hydrogen-bond donors (Lipinski definition) is 1. The highest BCUT2D eigenvalue weighted by Gasteiger charge is 2.39. The van der Waals surface area contributed by atoms with Crippen LogP contribution in [0.5, 0.6) is 5.75 Å². The molecule has 0 aromatic heterocycles. The highest BCUT2D eigenvalue weighted by Crippen LogP contribution is 2.38. The summed E-state index contributed by atoms with van der Waals surface area (Å²) >= 11 is 0. The Hall–Kier alpha value is -1.43. The maximum Gasteiger partial charge on any atom is 0.418 e. The highest BCUT2D eigenvalue weighted by atomic mass is 19.4. The zero-order chi connectivity index (χ0) is 12.6. The van der Waals surface area contributed by atoms with E-state index >= 15 is 0 Å². The van der Waals surface area contributed by atoms with E-state index in [1.54, 1.807) is 11.9 Å². The summed E-state index contributed by atoms with van der Waals surface area (Å²) in [5, 5.41) is 9.16. The lowest BCUT2D eigenvalue weighted by Crippen LogP contribution is -2.29. The number of aliphatic hydroxyl groups is 1. The van der Waals surface area contributed by atoms with Crippen LogP contribution >= 0.6 is 0 Å². The number of ether oxygens (including phenoxy) is 1. The Kier molecular flexibility index (Phi) is 2.91. The molecule has 0 aliphatic carbocycles. The fourth-order valence-corrected chi connectivity index (χ4v) is 1.73. The van der Waals surface area contributed by atoms with Gasteiger partial charge in [0.15, 0.2) is 6.10 Å². The van der Waals surface area contributed by atoms with Gasteiger partial charge in [0.1, 0.15) is 12.4 Å². The van der Waals surface area contributed by atoms with Crippen LogP contribution in [0, 0.1) is 0 Å². The molecule has 3 nitrogen and oxygen atoms in total. The minimum atomic E-state index is -4.65. The summed E-state index contributed by atoms with van der Waals surface area (Å²) in [5.41, 5.74) is 0.394. The van der Waals surface area contributed by atoms with Crippen LogP contribution in [0.1, 0.15) is 11.7 Å². The molecule has 1 aliphatic rings. The number of aliphatic hydroxyl groups excluding tert-OH is 1. The molecule has 1 aromatic rings. The molecule has 0 saturated heterocycles. The van der Waals surface area contributed by atoms with E-state index in [-0.39, 0.29) is 5.56 Å². The molecule has 1 aromatic carbocycles. The van der Waals surface area contributed by atoms with Crippen LogP contribution in [0.4, 0.5) is 18.9 Å². The molecule has 2 rings (SSSR count). The first-order valence-electron chi connectivity index (χ1n) is 5.12. The molecule has 0 amide bonds. The Morgan fingerprint density at radius 3 is 2.76 bits per heavy atom. The number of benzene rings is 1. The van der Waals surface area contributed by atoms with Gasteiger partial charge in [0.2, 0.25) is 0 Å². The van der Waals surface area contributed by atoms with E-state index in [9.17, 15) is 13.2 Å². The molecule has 1 heterocycles. The standard InChI is InChI=1S/C11H12F3NO2/c1-15-4-5-17-9-3-2-7(6-8(9)15)10(16)11(12,13)14/h2-3,6,10,16H,4-5H2,1H3/t10-/m0/s1. The van der Waals surface area contributed by atoms with E-state index in [1.807, 2.05) is 0 Å². The van der Waals surface area contributed by atoms with Gasteiger partial charge in [-0.1, -0.05) is 6.07 Å². The second-order valence-electron chi connectivity index (χ2n) is 3.94. The van der Waals surface area contributed by atoms with Gasteiger partial charge in [0.05, 0.1) is 12.2 Å². The smallest absolute Gasteiger partial charge is 0.418 e. The zero-order valence-corrected chi connectivity index (χ0v) is 9.16. The van der Waals surface area contributed by atoms with Crippen LogP contribution in [0.2, 0.25) is 0 Å². The number of halogens is 3. The van der Waals surface area contributed by atoms with Crippen molar-refractivity contribution in [2.75, 3.05) is 25.1 Å². The van der Waals surface area contributed by atoms with Gasteiger partial charge in [-0.15, -0.1) is 0 Å². The minimum Gasteiger partial charge on any atom is -0.490 e. The Bertz CT molecular complexity index is 420. The fraction of sp³-hybridized carbons (Fsp3) is 0.455. The normalized spacial score (nSPS) is 17.4. The summed E-state index contributed by atoms with van der Waals surface area (Å²) in [4.78, 5) is 1.80. The fourth-order valence-electron chi connectivity index (χ4n) is 1.73. The molecule has 94 valence electrons. The van der Waals surface area contributed by atoms with Crippen LogP contribution < -0.4 is 9.64 Å². The molecule has 0 bridgehead atoms. The van der Waals surface area contributed by atoms with Crippen LogP contribution in [0.25, 0.3) is 0 Å². The number of fused-ring (bicyclic) bond motifs is 1. The molecule has 6 heteroatoms. The van der Waals surface area contributed by atoms with Crippen molar-refractivity contribution in [1.82, 2.24) is 0 Å². The van der Waals surface area contributed by atoms with Crippen molar-refractivity contribution >= 4 is 5.69 Å². The second-order valence-corrected chi connectivity index (χ2v) is 3.94. The van der Waals surface area contributed by atoms with E-state index < -0.39 is 12.3 Å². The van der Waals surface area contributed by atoms with Crippen molar-refractivity contribution in [1.29, 1.82) is 0 Å². The summed E-state index contributed by atoms with van der Waals surface area (Å²) in [6.07, 6.45) is -7.11. The molecular weight excluding hydrogens is 235 g/mol. The maximum atomic E-state index is 12.4. The lowest BCUT2D eigenvalue weighted by atomic mass is 10.1. The van der Waals surface area contributed by atoms with Gasteiger partial charge >= 0.3 is 6.18 Å². The summed E-state index contributed by atoms with van der Waals surface area (Å²) in [6, 6.07) is 4.00. The third-order valence-electron chi connectivity index (χ3n) is 2.70. The van der Waals surface area contributed by atoms with Crippen molar-refractivity contribution in [2.45, 2.75) is 12.3 Å². The Labute approximate surface area is 96.4 Å². The quantitative estimate of drug-likeness (QED) is 0.825. The van der Waals surface area contributed by atoms with Gasteiger partial charge in [0.25, 0.3) is 0 Å². The zero-order valence-electron chi connectivity index (χ0n) is 9.16. The van der Waals surface area contributed by atoms with E-state index in [1.165, 1.54) is 18.2 Å². The van der Waals surface area contributed by atoms with Crippen molar-refractivity contribution in [3.8, 4) is 5.75 Å². The number of alkyl halides is 3. The highest BCUT2D eigenvalue weighted by molar-refractivity contribution is 5.61. The topological polar surface area (TPSA) is 32.7 Å². The third-order valence-corrected chi connectivity index (χ3v) is 2.70. The Morgan fingerprint density at radius 2 is 2.12 bits per heavy atom. The average molecular weight is 247 g/mol. The van der Waals surface area contributed by atoms with E-state index in [0.29, 0.717) is 24.6 Å². The van der Waals surface area contributed by atoms with Gasteiger partial charge in [-0.3, -0.25) is 0 Å². The van der Waals surface area contributed by atoms with Crippen molar-refractivity contribution in [3.63, 3.8) is 0 Å². The van der Waals surface area contributed by atoms with Gasteiger partial charge in [-0.25, -0.2) is 0 Å². The van der Waals surface area contributed by atoms with Crippen molar-refractivity contribution in [3.05, 3.63) is 23.8 Å². The summed E-state index contributed by atoms with van der Waals surface area (Å²) < 4.78 is 42.4. The van der Waals surface area contributed by atoms with Gasteiger partial charge in [-0.05, 0) is 17.7 Å². The van der Waals surface area contributed by atoms with Crippen LogP contribution in [0.15, 0.2) is 18.2 Å².